The number of pyridine rings is 1. The van der Waals surface area contributed by atoms with Gasteiger partial charge in [0.1, 0.15) is 0 Å². The summed E-state index contributed by atoms with van der Waals surface area (Å²) >= 11 is 0. The minimum absolute atomic E-state index is 0.00457. The predicted molar refractivity (Wildman–Crippen MR) is 66.4 cm³/mol. The first-order valence-corrected chi connectivity index (χ1v) is 5.92. The van der Waals surface area contributed by atoms with Crippen molar-refractivity contribution in [2.75, 3.05) is 6.61 Å². The first kappa shape index (κ1) is 13.6. The zero-order valence-electron chi connectivity index (χ0n) is 10.4. The lowest BCUT2D eigenvalue weighted by Crippen LogP contribution is -2.38. The van der Waals surface area contributed by atoms with E-state index >= 15 is 0 Å². The van der Waals surface area contributed by atoms with Crippen LogP contribution in [0, 0.1) is 5.92 Å². The number of nitrogens with zero attached hydrogens (tertiary/aromatic N) is 1. The molecule has 4 nitrogen and oxygen atoms in total. The molecule has 2 N–H and O–H groups in total. The Morgan fingerprint density at radius 1 is 1.41 bits per heavy atom. The molecule has 0 aromatic carbocycles. The third-order valence-electron chi connectivity index (χ3n) is 2.92. The van der Waals surface area contributed by atoms with Gasteiger partial charge in [-0.1, -0.05) is 6.92 Å². The van der Waals surface area contributed by atoms with Crippen molar-refractivity contribution in [3.63, 3.8) is 0 Å². The van der Waals surface area contributed by atoms with Crippen LogP contribution in [0.25, 0.3) is 0 Å². The summed E-state index contributed by atoms with van der Waals surface area (Å²) in [7, 11) is 0. The van der Waals surface area contributed by atoms with Crippen LogP contribution in [0.3, 0.4) is 0 Å². The lowest BCUT2D eigenvalue weighted by Gasteiger charge is -2.19. The average molecular weight is 236 g/mol. The van der Waals surface area contributed by atoms with E-state index in [-0.39, 0.29) is 24.5 Å². The standard InChI is InChI=1S/C13H20N2O2/c1-10(9-16)11(2)15-13(17)4-3-12-5-7-14-8-6-12/h5-8,10-11,16H,3-4,9H2,1-2H3,(H,15,17). The van der Waals surface area contributed by atoms with E-state index < -0.39 is 0 Å². The lowest BCUT2D eigenvalue weighted by molar-refractivity contribution is -0.122. The number of aromatic nitrogens is 1. The Labute approximate surface area is 102 Å². The molecule has 2 unspecified atom stereocenters. The molecule has 1 heterocycles. The fraction of sp³-hybridized carbons (Fsp3) is 0.538. The Hall–Kier alpha value is -1.42. The summed E-state index contributed by atoms with van der Waals surface area (Å²) in [5.41, 5.74) is 1.11. The zero-order valence-corrected chi connectivity index (χ0v) is 10.4. The zero-order chi connectivity index (χ0) is 12.7. The van der Waals surface area contributed by atoms with E-state index in [0.717, 1.165) is 5.56 Å². The van der Waals surface area contributed by atoms with Crippen molar-refractivity contribution < 1.29 is 9.90 Å². The molecule has 1 aromatic rings. The van der Waals surface area contributed by atoms with Crippen molar-refractivity contribution in [2.24, 2.45) is 5.92 Å². The van der Waals surface area contributed by atoms with E-state index in [9.17, 15) is 4.79 Å². The molecule has 4 heteroatoms. The maximum absolute atomic E-state index is 11.6. The van der Waals surface area contributed by atoms with Gasteiger partial charge in [-0.15, -0.1) is 0 Å². The Kier molecular flexibility index (Phi) is 5.63. The number of carbonyl (C=O) groups is 1. The number of hydrogen-bond acceptors (Lipinski definition) is 3. The van der Waals surface area contributed by atoms with Crippen LogP contribution in [-0.4, -0.2) is 28.6 Å². The van der Waals surface area contributed by atoms with Crippen LogP contribution >= 0.6 is 0 Å². The second-order valence-electron chi connectivity index (χ2n) is 4.37. The van der Waals surface area contributed by atoms with E-state index in [1.54, 1.807) is 12.4 Å². The number of carbonyl (C=O) groups excluding carboxylic acids is 1. The van der Waals surface area contributed by atoms with Crippen LogP contribution in [0.5, 0.6) is 0 Å². The van der Waals surface area contributed by atoms with Gasteiger partial charge in [0, 0.05) is 31.5 Å². The summed E-state index contributed by atoms with van der Waals surface area (Å²) in [6.45, 7) is 3.91. The highest BCUT2D eigenvalue weighted by Crippen LogP contribution is 2.03. The van der Waals surface area contributed by atoms with Crippen molar-refractivity contribution in [3.05, 3.63) is 30.1 Å². The first-order chi connectivity index (χ1) is 8.13. The van der Waals surface area contributed by atoms with Crippen molar-refractivity contribution in [1.82, 2.24) is 10.3 Å². The molecule has 0 fully saturated rings. The summed E-state index contributed by atoms with van der Waals surface area (Å²) in [6.07, 6.45) is 4.63. The van der Waals surface area contributed by atoms with Gasteiger partial charge in [0.2, 0.25) is 5.91 Å². The maximum atomic E-state index is 11.6. The quantitative estimate of drug-likeness (QED) is 0.778. The van der Waals surface area contributed by atoms with Crippen LogP contribution in [-0.2, 0) is 11.2 Å². The third kappa shape index (κ3) is 4.95. The third-order valence-corrected chi connectivity index (χ3v) is 2.92. The van der Waals surface area contributed by atoms with Crippen molar-refractivity contribution in [1.29, 1.82) is 0 Å². The van der Waals surface area contributed by atoms with E-state index in [1.807, 2.05) is 26.0 Å². The maximum Gasteiger partial charge on any atom is 0.220 e. The van der Waals surface area contributed by atoms with Gasteiger partial charge in [0.25, 0.3) is 0 Å². The second kappa shape index (κ2) is 7.01. The lowest BCUT2D eigenvalue weighted by atomic mass is 10.0. The van der Waals surface area contributed by atoms with E-state index in [4.69, 9.17) is 5.11 Å². The molecule has 0 saturated heterocycles. The normalized spacial score (nSPS) is 14.1. The van der Waals surface area contributed by atoms with Gasteiger partial charge in [-0.25, -0.2) is 0 Å². The molecule has 0 aliphatic carbocycles. The molecule has 94 valence electrons. The van der Waals surface area contributed by atoms with Gasteiger partial charge >= 0.3 is 0 Å². The van der Waals surface area contributed by atoms with Crippen LogP contribution < -0.4 is 5.32 Å². The van der Waals surface area contributed by atoms with Crippen molar-refractivity contribution >= 4 is 5.91 Å². The van der Waals surface area contributed by atoms with Gasteiger partial charge in [-0.05, 0) is 37.0 Å². The molecule has 17 heavy (non-hydrogen) atoms. The highest BCUT2D eigenvalue weighted by Gasteiger charge is 2.13. The van der Waals surface area contributed by atoms with Crippen LogP contribution in [0.1, 0.15) is 25.8 Å². The summed E-state index contributed by atoms with van der Waals surface area (Å²) in [4.78, 5) is 15.6. The minimum atomic E-state index is 0.00457. The molecule has 0 aliphatic rings. The second-order valence-corrected chi connectivity index (χ2v) is 4.37. The fourth-order valence-corrected chi connectivity index (χ4v) is 1.43. The number of rotatable bonds is 6. The first-order valence-electron chi connectivity index (χ1n) is 5.92. The van der Waals surface area contributed by atoms with Gasteiger partial charge in [0.15, 0.2) is 0 Å². The fourth-order valence-electron chi connectivity index (χ4n) is 1.43. The summed E-state index contributed by atoms with van der Waals surface area (Å²) in [5.74, 6) is 0.106. The summed E-state index contributed by atoms with van der Waals surface area (Å²) in [6, 6.07) is 3.82. The Morgan fingerprint density at radius 2 is 2.06 bits per heavy atom. The molecule has 1 rings (SSSR count). The van der Waals surface area contributed by atoms with E-state index in [1.165, 1.54) is 0 Å². The smallest absolute Gasteiger partial charge is 0.220 e. The monoisotopic (exact) mass is 236 g/mol. The van der Waals surface area contributed by atoms with Crippen LogP contribution in [0.2, 0.25) is 0 Å². The largest absolute Gasteiger partial charge is 0.396 e. The molecule has 0 bridgehead atoms. The van der Waals surface area contributed by atoms with Crippen LogP contribution in [0.4, 0.5) is 0 Å². The average Bonchev–Trinajstić information content (AvgIpc) is 2.36. The van der Waals surface area contributed by atoms with Gasteiger partial charge in [-0.2, -0.15) is 0 Å². The Bertz CT molecular complexity index is 341. The van der Waals surface area contributed by atoms with Crippen LogP contribution in [0.15, 0.2) is 24.5 Å². The number of aliphatic hydroxyl groups is 1. The van der Waals surface area contributed by atoms with Gasteiger partial charge < -0.3 is 10.4 Å². The molecule has 0 saturated carbocycles. The predicted octanol–water partition coefficient (Wildman–Crippen LogP) is 1.15. The molecule has 1 aromatic heterocycles. The van der Waals surface area contributed by atoms with Gasteiger partial charge in [0.05, 0.1) is 0 Å². The minimum Gasteiger partial charge on any atom is -0.396 e. The molecule has 0 aliphatic heterocycles. The number of hydrogen-bond donors (Lipinski definition) is 2. The molecule has 2 atom stereocenters. The highest BCUT2D eigenvalue weighted by molar-refractivity contribution is 5.76. The van der Waals surface area contributed by atoms with E-state index in [2.05, 4.69) is 10.3 Å². The van der Waals surface area contributed by atoms with Gasteiger partial charge in [-0.3, -0.25) is 9.78 Å². The molecule has 0 spiro atoms. The highest BCUT2D eigenvalue weighted by atomic mass is 16.3. The molecule has 0 radical (unpaired) electrons. The topological polar surface area (TPSA) is 62.2 Å². The molecular weight excluding hydrogens is 216 g/mol. The van der Waals surface area contributed by atoms with Crippen molar-refractivity contribution in [3.8, 4) is 0 Å². The number of nitrogens with one attached hydrogen (secondary N) is 1. The summed E-state index contributed by atoms with van der Waals surface area (Å²) in [5, 5.41) is 11.9. The number of aliphatic hydroxyl groups excluding tert-OH is 1. The molecular formula is C13H20N2O2. The molecule has 1 amide bonds. The Balaban J connectivity index is 2.31. The van der Waals surface area contributed by atoms with E-state index in [0.29, 0.717) is 12.8 Å². The number of amides is 1. The summed E-state index contributed by atoms with van der Waals surface area (Å²) < 4.78 is 0. The van der Waals surface area contributed by atoms with Crippen molar-refractivity contribution in [2.45, 2.75) is 32.7 Å². The number of aryl methyl sites for hydroxylation is 1. The SMILES string of the molecule is CC(CO)C(C)NC(=O)CCc1ccncc1. The Morgan fingerprint density at radius 3 is 2.65 bits per heavy atom.